The maximum absolute atomic E-state index is 12.4. The van der Waals surface area contributed by atoms with E-state index in [1.54, 1.807) is 29.5 Å². The van der Waals surface area contributed by atoms with Gasteiger partial charge in [-0.3, -0.25) is 0 Å². The van der Waals surface area contributed by atoms with E-state index >= 15 is 0 Å². The number of hydrogen-bond donors (Lipinski definition) is 0. The molecule has 0 aliphatic heterocycles. The number of ether oxygens (including phenoxy) is 1. The molecule has 1 heterocycles. The highest BCUT2D eigenvalue weighted by atomic mass is 127. The zero-order chi connectivity index (χ0) is 12.3. The van der Waals surface area contributed by atoms with Gasteiger partial charge in [-0.2, -0.15) is 13.2 Å². The molecule has 7 heteroatoms. The van der Waals surface area contributed by atoms with Crippen molar-refractivity contribution < 1.29 is 22.7 Å². The van der Waals surface area contributed by atoms with Crippen molar-refractivity contribution in [3.8, 4) is 0 Å². The second-order valence-electron chi connectivity index (χ2n) is 2.78. The topological polar surface area (TPSA) is 39.2 Å². The van der Waals surface area contributed by atoms with Crippen molar-refractivity contribution in [2.75, 3.05) is 6.61 Å². The maximum Gasteiger partial charge on any atom is 0.417 e. The number of alkyl halides is 3. The third-order valence-corrected chi connectivity index (χ3v) is 2.52. The molecule has 1 rings (SSSR count). The molecule has 0 atom stereocenters. The molecule has 0 amide bonds. The average Bonchev–Trinajstić information content (AvgIpc) is 2.16. The van der Waals surface area contributed by atoms with Crippen LogP contribution in [0, 0.1) is 3.70 Å². The minimum absolute atomic E-state index is 0.102. The van der Waals surface area contributed by atoms with Crippen molar-refractivity contribution >= 4 is 28.6 Å². The zero-order valence-corrected chi connectivity index (χ0v) is 10.3. The quantitative estimate of drug-likeness (QED) is 0.470. The Morgan fingerprint density at radius 3 is 2.69 bits per heavy atom. The van der Waals surface area contributed by atoms with Gasteiger partial charge in [0.15, 0.2) is 0 Å². The number of nitrogens with zero attached hydrogens (tertiary/aromatic N) is 1. The van der Waals surface area contributed by atoms with Gasteiger partial charge in [0.2, 0.25) is 0 Å². The number of hydrogen-bond acceptors (Lipinski definition) is 3. The highest BCUT2D eigenvalue weighted by Crippen LogP contribution is 2.30. The van der Waals surface area contributed by atoms with Gasteiger partial charge in [-0.15, -0.1) is 0 Å². The second kappa shape index (κ2) is 4.98. The minimum atomic E-state index is -4.52. The Hall–Kier alpha value is -0.860. The summed E-state index contributed by atoms with van der Waals surface area (Å²) in [6, 6.07) is 0.743. The molecule has 0 aliphatic rings. The predicted octanol–water partition coefficient (Wildman–Crippen LogP) is 2.88. The van der Waals surface area contributed by atoms with Crippen molar-refractivity contribution in [3.05, 3.63) is 27.1 Å². The number of carbonyl (C=O) groups excluding carboxylic acids is 1. The molecule has 88 valence electrons. The Morgan fingerprint density at radius 1 is 1.56 bits per heavy atom. The fraction of sp³-hybridized carbons (Fsp3) is 0.333. The van der Waals surface area contributed by atoms with Crippen LogP contribution in [0.1, 0.15) is 22.8 Å². The third-order valence-electron chi connectivity index (χ3n) is 1.66. The van der Waals surface area contributed by atoms with Crippen molar-refractivity contribution in [1.82, 2.24) is 4.98 Å². The van der Waals surface area contributed by atoms with Crippen LogP contribution in [0.4, 0.5) is 13.2 Å². The van der Waals surface area contributed by atoms with E-state index in [0.717, 1.165) is 6.07 Å². The predicted molar refractivity (Wildman–Crippen MR) is 57.9 cm³/mol. The largest absolute Gasteiger partial charge is 0.462 e. The molecule has 0 radical (unpaired) electrons. The fourth-order valence-electron chi connectivity index (χ4n) is 0.955. The molecule has 0 N–H and O–H groups in total. The fourth-order valence-corrected chi connectivity index (χ4v) is 1.47. The Bertz CT molecular complexity index is 406. The summed E-state index contributed by atoms with van der Waals surface area (Å²) in [5.41, 5.74) is -1.13. The number of halogens is 4. The van der Waals surface area contributed by atoms with Crippen LogP contribution in [0.25, 0.3) is 0 Å². The SMILES string of the molecule is CCOC(=O)c1cc(C(F)(F)F)cnc1I. The Morgan fingerprint density at radius 2 is 2.19 bits per heavy atom. The summed E-state index contributed by atoms with van der Waals surface area (Å²) >= 11 is 1.68. The number of aromatic nitrogens is 1. The number of pyridine rings is 1. The van der Waals surface area contributed by atoms with Gasteiger partial charge in [0.25, 0.3) is 0 Å². The Labute approximate surface area is 103 Å². The van der Waals surface area contributed by atoms with Crippen LogP contribution in [0.2, 0.25) is 0 Å². The molecular weight excluding hydrogens is 338 g/mol. The normalized spacial score (nSPS) is 11.3. The molecule has 0 bridgehead atoms. The maximum atomic E-state index is 12.4. The molecule has 0 aromatic carbocycles. The van der Waals surface area contributed by atoms with Crippen LogP contribution in [0.3, 0.4) is 0 Å². The van der Waals surface area contributed by atoms with Crippen LogP contribution >= 0.6 is 22.6 Å². The standard InChI is InChI=1S/C9H7F3INO2/c1-2-16-8(15)6-3-5(9(10,11)12)4-14-7(6)13/h3-4H,2H2,1H3. The smallest absolute Gasteiger partial charge is 0.417 e. The van der Waals surface area contributed by atoms with Gasteiger partial charge in [0.05, 0.1) is 17.7 Å². The van der Waals surface area contributed by atoms with Gasteiger partial charge in [-0.25, -0.2) is 9.78 Å². The Kier molecular flexibility index (Phi) is 4.11. The van der Waals surface area contributed by atoms with Gasteiger partial charge in [0.1, 0.15) is 3.70 Å². The van der Waals surface area contributed by atoms with Crippen molar-refractivity contribution in [1.29, 1.82) is 0 Å². The lowest BCUT2D eigenvalue weighted by Crippen LogP contribution is -2.12. The van der Waals surface area contributed by atoms with E-state index in [1.807, 2.05) is 0 Å². The summed E-state index contributed by atoms with van der Waals surface area (Å²) in [4.78, 5) is 14.8. The van der Waals surface area contributed by atoms with E-state index < -0.39 is 17.7 Å². The van der Waals surface area contributed by atoms with Crippen LogP contribution in [-0.2, 0) is 10.9 Å². The number of rotatable bonds is 2. The van der Waals surface area contributed by atoms with Crippen molar-refractivity contribution in [2.24, 2.45) is 0 Å². The molecule has 1 aromatic rings. The van der Waals surface area contributed by atoms with E-state index in [4.69, 9.17) is 0 Å². The first-order chi connectivity index (χ1) is 7.36. The first kappa shape index (κ1) is 13.2. The van der Waals surface area contributed by atoms with E-state index in [0.29, 0.717) is 6.20 Å². The minimum Gasteiger partial charge on any atom is -0.462 e. The molecule has 0 unspecified atom stereocenters. The first-order valence-corrected chi connectivity index (χ1v) is 5.34. The van der Waals surface area contributed by atoms with Crippen molar-refractivity contribution in [2.45, 2.75) is 13.1 Å². The van der Waals surface area contributed by atoms with Crippen molar-refractivity contribution in [3.63, 3.8) is 0 Å². The summed E-state index contributed by atoms with van der Waals surface area (Å²) in [6.45, 7) is 1.68. The Balaban J connectivity index is 3.14. The molecule has 3 nitrogen and oxygen atoms in total. The molecular formula is C9H7F3INO2. The van der Waals surface area contributed by atoms with Gasteiger partial charge < -0.3 is 4.74 Å². The summed E-state index contributed by atoms with van der Waals surface area (Å²) in [5, 5.41) is 0. The van der Waals surface area contributed by atoms with Gasteiger partial charge >= 0.3 is 12.1 Å². The van der Waals surface area contributed by atoms with Crippen LogP contribution in [0.5, 0.6) is 0 Å². The highest BCUT2D eigenvalue weighted by molar-refractivity contribution is 14.1. The summed E-state index contributed by atoms with van der Waals surface area (Å²) in [5.74, 6) is -0.800. The molecule has 0 saturated heterocycles. The van der Waals surface area contributed by atoms with E-state index in [1.165, 1.54) is 0 Å². The number of esters is 1. The third kappa shape index (κ3) is 3.06. The lowest BCUT2D eigenvalue weighted by molar-refractivity contribution is -0.137. The van der Waals surface area contributed by atoms with Gasteiger partial charge in [0, 0.05) is 6.20 Å². The summed E-state index contributed by atoms with van der Waals surface area (Å²) in [6.07, 6.45) is -3.83. The number of carbonyl (C=O) groups is 1. The molecule has 0 fully saturated rings. The highest BCUT2D eigenvalue weighted by Gasteiger charge is 2.32. The summed E-state index contributed by atoms with van der Waals surface area (Å²) < 4.78 is 41.9. The molecule has 0 aliphatic carbocycles. The van der Waals surface area contributed by atoms with E-state index in [-0.39, 0.29) is 15.9 Å². The second-order valence-corrected chi connectivity index (χ2v) is 3.80. The average molecular weight is 345 g/mol. The lowest BCUT2D eigenvalue weighted by atomic mass is 10.2. The molecule has 0 spiro atoms. The molecule has 0 saturated carbocycles. The lowest BCUT2D eigenvalue weighted by Gasteiger charge is -2.09. The van der Waals surface area contributed by atoms with Gasteiger partial charge in [-0.1, -0.05) is 0 Å². The zero-order valence-electron chi connectivity index (χ0n) is 8.14. The van der Waals surface area contributed by atoms with E-state index in [2.05, 4.69) is 9.72 Å². The molecule has 1 aromatic heterocycles. The monoisotopic (exact) mass is 345 g/mol. The van der Waals surface area contributed by atoms with Crippen LogP contribution in [0.15, 0.2) is 12.3 Å². The van der Waals surface area contributed by atoms with Crippen LogP contribution in [-0.4, -0.2) is 17.6 Å². The van der Waals surface area contributed by atoms with Crippen LogP contribution < -0.4 is 0 Å². The summed E-state index contributed by atoms with van der Waals surface area (Å²) in [7, 11) is 0. The molecule has 16 heavy (non-hydrogen) atoms. The van der Waals surface area contributed by atoms with E-state index in [9.17, 15) is 18.0 Å². The first-order valence-electron chi connectivity index (χ1n) is 4.26. The van der Waals surface area contributed by atoms with Gasteiger partial charge in [-0.05, 0) is 35.6 Å².